The minimum absolute atomic E-state index is 0.124. The smallest absolute Gasteiger partial charge is 0.376 e. The zero-order valence-electron chi connectivity index (χ0n) is 12.7. The highest BCUT2D eigenvalue weighted by atomic mass is 19.4. The van der Waals surface area contributed by atoms with Gasteiger partial charge in [-0.1, -0.05) is 6.07 Å². The van der Waals surface area contributed by atoms with E-state index in [1.807, 2.05) is 11.9 Å². The van der Waals surface area contributed by atoms with Gasteiger partial charge in [-0.3, -0.25) is 4.79 Å². The number of anilines is 1. The van der Waals surface area contributed by atoms with Crippen LogP contribution < -0.4 is 10.2 Å². The van der Waals surface area contributed by atoms with Gasteiger partial charge in [0, 0.05) is 44.5 Å². The summed E-state index contributed by atoms with van der Waals surface area (Å²) in [6.07, 6.45) is -6.39. The largest absolute Gasteiger partial charge is 0.423 e. The number of hydrogen-bond acceptors (Lipinski definition) is 5. The summed E-state index contributed by atoms with van der Waals surface area (Å²) in [6, 6.07) is 3.35. The summed E-state index contributed by atoms with van der Waals surface area (Å²) in [5.74, 6) is -0.826. The van der Waals surface area contributed by atoms with Crippen molar-refractivity contribution in [3.05, 3.63) is 23.9 Å². The van der Waals surface area contributed by atoms with E-state index in [1.165, 1.54) is 0 Å². The van der Waals surface area contributed by atoms with E-state index in [4.69, 9.17) is 5.11 Å². The number of nitrogens with zero attached hydrogens (tertiary/aromatic N) is 3. The first-order chi connectivity index (χ1) is 10.8. The molecule has 0 aliphatic carbocycles. The minimum Gasteiger partial charge on any atom is -0.376 e. The third kappa shape index (κ3) is 4.55. The fourth-order valence-electron chi connectivity index (χ4n) is 2.30. The van der Waals surface area contributed by atoms with Crippen LogP contribution in [0.4, 0.5) is 19.0 Å². The average Bonchev–Trinajstić information content (AvgIpc) is 2.52. The Morgan fingerprint density at radius 1 is 1.39 bits per heavy atom. The van der Waals surface area contributed by atoms with Crippen LogP contribution >= 0.6 is 0 Å². The second kappa shape index (κ2) is 7.14. The van der Waals surface area contributed by atoms with Crippen LogP contribution in [0.25, 0.3) is 0 Å². The maximum Gasteiger partial charge on any atom is 0.423 e. The molecule has 0 saturated carbocycles. The first-order valence-electron chi connectivity index (χ1n) is 7.19. The highest BCUT2D eigenvalue weighted by Gasteiger charge is 2.43. The van der Waals surface area contributed by atoms with Crippen molar-refractivity contribution in [1.29, 1.82) is 0 Å². The van der Waals surface area contributed by atoms with Gasteiger partial charge in [0.15, 0.2) is 0 Å². The van der Waals surface area contributed by atoms with E-state index in [-0.39, 0.29) is 6.54 Å². The lowest BCUT2D eigenvalue weighted by atomic mass is 10.2. The number of amides is 1. The summed E-state index contributed by atoms with van der Waals surface area (Å²) < 4.78 is 36.9. The standard InChI is InChI=1S/C14H19F3N4O2/c1-20-5-7-21(8-6-20)12-10(3-2-4-18-12)9-19-13(23)11(22)14(15,16)17/h2-4,11,22H,5-9H2,1H3,(H,19,23)/t11-/m0/s1. The van der Waals surface area contributed by atoms with Gasteiger partial charge in [-0.15, -0.1) is 0 Å². The number of alkyl halides is 3. The number of piperazine rings is 1. The molecule has 128 valence electrons. The predicted molar refractivity (Wildman–Crippen MR) is 77.9 cm³/mol. The number of likely N-dealkylation sites (N-methyl/N-ethyl adjacent to an activating group) is 1. The number of carbonyl (C=O) groups excluding carboxylic acids is 1. The molecule has 1 aromatic rings. The highest BCUT2D eigenvalue weighted by molar-refractivity contribution is 5.81. The third-order valence-electron chi connectivity index (χ3n) is 3.68. The Bertz CT molecular complexity index is 545. The molecule has 0 radical (unpaired) electrons. The first kappa shape index (κ1) is 17.5. The Balaban J connectivity index is 2.02. The number of rotatable bonds is 4. The van der Waals surface area contributed by atoms with Crippen molar-refractivity contribution in [3.8, 4) is 0 Å². The summed E-state index contributed by atoms with van der Waals surface area (Å²) in [6.45, 7) is 3.09. The summed E-state index contributed by atoms with van der Waals surface area (Å²) in [7, 11) is 2.01. The Morgan fingerprint density at radius 2 is 2.04 bits per heavy atom. The van der Waals surface area contributed by atoms with Gasteiger partial charge in [-0.05, 0) is 13.1 Å². The lowest BCUT2D eigenvalue weighted by Gasteiger charge is -2.34. The molecule has 1 aromatic heterocycles. The molecule has 0 spiro atoms. The Kier molecular flexibility index (Phi) is 5.42. The fourth-order valence-corrected chi connectivity index (χ4v) is 2.30. The summed E-state index contributed by atoms with van der Waals surface area (Å²) in [5, 5.41) is 11.0. The molecule has 9 heteroatoms. The van der Waals surface area contributed by atoms with Crippen LogP contribution in [0.15, 0.2) is 18.3 Å². The van der Waals surface area contributed by atoms with Crippen LogP contribution in [0.5, 0.6) is 0 Å². The van der Waals surface area contributed by atoms with Crippen LogP contribution in [0.1, 0.15) is 5.56 Å². The molecular formula is C14H19F3N4O2. The number of halogens is 3. The van der Waals surface area contributed by atoms with Crippen molar-refractivity contribution in [2.75, 3.05) is 38.1 Å². The Labute approximate surface area is 131 Å². The van der Waals surface area contributed by atoms with Crippen molar-refractivity contribution >= 4 is 11.7 Å². The van der Waals surface area contributed by atoms with Crippen molar-refractivity contribution in [2.24, 2.45) is 0 Å². The maximum absolute atomic E-state index is 12.3. The third-order valence-corrected chi connectivity index (χ3v) is 3.68. The van der Waals surface area contributed by atoms with E-state index >= 15 is 0 Å². The van der Waals surface area contributed by atoms with E-state index in [9.17, 15) is 18.0 Å². The minimum atomic E-state index is -4.97. The SMILES string of the molecule is CN1CCN(c2ncccc2CNC(=O)[C@H](O)C(F)(F)F)CC1. The number of aliphatic hydroxyl groups excluding tert-OH is 1. The molecule has 2 rings (SSSR count). The summed E-state index contributed by atoms with van der Waals surface area (Å²) in [4.78, 5) is 19.8. The number of aliphatic hydroxyl groups is 1. The number of aromatic nitrogens is 1. The molecule has 1 aliphatic rings. The molecule has 2 heterocycles. The van der Waals surface area contributed by atoms with E-state index in [0.717, 1.165) is 26.2 Å². The van der Waals surface area contributed by atoms with Crippen LogP contribution in [0.2, 0.25) is 0 Å². The maximum atomic E-state index is 12.3. The van der Waals surface area contributed by atoms with Gasteiger partial charge in [0.25, 0.3) is 5.91 Å². The average molecular weight is 332 g/mol. The van der Waals surface area contributed by atoms with Crippen molar-refractivity contribution in [3.63, 3.8) is 0 Å². The van der Waals surface area contributed by atoms with Gasteiger partial charge in [-0.25, -0.2) is 4.98 Å². The van der Waals surface area contributed by atoms with E-state index in [0.29, 0.717) is 11.4 Å². The van der Waals surface area contributed by atoms with Crippen LogP contribution in [0, 0.1) is 0 Å². The fraction of sp³-hybridized carbons (Fsp3) is 0.571. The molecule has 1 fully saturated rings. The lowest BCUT2D eigenvalue weighted by molar-refractivity contribution is -0.205. The number of carbonyl (C=O) groups is 1. The molecule has 2 N–H and O–H groups in total. The Hall–Kier alpha value is -1.87. The molecule has 1 amide bonds. The lowest BCUT2D eigenvalue weighted by Crippen LogP contribution is -2.46. The van der Waals surface area contributed by atoms with Crippen LogP contribution in [-0.4, -0.2) is 66.4 Å². The quantitative estimate of drug-likeness (QED) is 0.834. The second-order valence-electron chi connectivity index (χ2n) is 5.44. The second-order valence-corrected chi connectivity index (χ2v) is 5.44. The van der Waals surface area contributed by atoms with Crippen LogP contribution in [0.3, 0.4) is 0 Å². The number of hydrogen-bond donors (Lipinski definition) is 2. The van der Waals surface area contributed by atoms with Crippen molar-refractivity contribution in [1.82, 2.24) is 15.2 Å². The van der Waals surface area contributed by atoms with Crippen molar-refractivity contribution < 1.29 is 23.1 Å². The van der Waals surface area contributed by atoms with Gasteiger partial charge in [0.2, 0.25) is 6.10 Å². The zero-order valence-corrected chi connectivity index (χ0v) is 12.7. The summed E-state index contributed by atoms with van der Waals surface area (Å²) in [5.41, 5.74) is 0.611. The number of nitrogens with one attached hydrogen (secondary N) is 1. The van der Waals surface area contributed by atoms with Gasteiger partial charge in [0.1, 0.15) is 5.82 Å². The molecule has 1 aliphatic heterocycles. The molecule has 1 saturated heterocycles. The molecular weight excluding hydrogens is 313 g/mol. The molecule has 0 aromatic carbocycles. The monoisotopic (exact) mass is 332 g/mol. The van der Waals surface area contributed by atoms with Gasteiger partial charge >= 0.3 is 6.18 Å². The van der Waals surface area contributed by atoms with E-state index in [1.54, 1.807) is 18.3 Å². The summed E-state index contributed by atoms with van der Waals surface area (Å²) >= 11 is 0. The normalized spacial score (nSPS) is 17.9. The van der Waals surface area contributed by atoms with Gasteiger partial charge < -0.3 is 20.2 Å². The molecule has 23 heavy (non-hydrogen) atoms. The highest BCUT2D eigenvalue weighted by Crippen LogP contribution is 2.21. The zero-order chi connectivity index (χ0) is 17.0. The Morgan fingerprint density at radius 3 is 2.65 bits per heavy atom. The molecule has 1 atom stereocenters. The van der Waals surface area contributed by atoms with E-state index < -0.39 is 18.2 Å². The molecule has 0 bridgehead atoms. The van der Waals surface area contributed by atoms with Crippen LogP contribution in [-0.2, 0) is 11.3 Å². The first-order valence-corrected chi connectivity index (χ1v) is 7.19. The predicted octanol–water partition coefficient (Wildman–Crippen LogP) is 0.373. The van der Waals surface area contributed by atoms with Gasteiger partial charge in [-0.2, -0.15) is 13.2 Å². The number of pyridine rings is 1. The topological polar surface area (TPSA) is 68.7 Å². The molecule has 0 unspecified atom stereocenters. The van der Waals surface area contributed by atoms with Gasteiger partial charge in [0.05, 0.1) is 0 Å². The molecule has 6 nitrogen and oxygen atoms in total. The van der Waals surface area contributed by atoms with E-state index in [2.05, 4.69) is 15.2 Å². The van der Waals surface area contributed by atoms with Crippen molar-refractivity contribution in [2.45, 2.75) is 18.8 Å².